The molecule has 3 atom stereocenters. The average molecular weight is 229 g/mol. The fourth-order valence-electron chi connectivity index (χ4n) is 2.11. The first-order valence-corrected chi connectivity index (χ1v) is 5.37. The maximum absolute atomic E-state index is 11.5. The Kier molecular flexibility index (Phi) is 2.04. The molecule has 2 aliphatic heterocycles. The summed E-state index contributed by atoms with van der Waals surface area (Å²) < 4.78 is -0.522. The first-order chi connectivity index (χ1) is 6.90. The van der Waals surface area contributed by atoms with Crippen molar-refractivity contribution < 1.29 is 14.7 Å². The number of nitrogens with one attached hydrogen (secondary N) is 1. The van der Waals surface area contributed by atoms with Gasteiger partial charge in [-0.25, -0.2) is 10.3 Å². The molecule has 0 aromatic carbocycles. The summed E-state index contributed by atoms with van der Waals surface area (Å²) in [6.45, 7) is 3.59. The van der Waals surface area contributed by atoms with Gasteiger partial charge in [-0.2, -0.15) is 5.11 Å². The SMILES string of the molecule is CC1(C)SC2C(N=N)C(=O)N2[C@H]1C(=O)O. The number of carbonyl (C=O) groups excluding carboxylic acids is 1. The van der Waals surface area contributed by atoms with Crippen LogP contribution in [0.25, 0.3) is 0 Å². The minimum absolute atomic E-state index is 0.272. The van der Waals surface area contributed by atoms with Gasteiger partial charge in [0.2, 0.25) is 0 Å². The summed E-state index contributed by atoms with van der Waals surface area (Å²) in [5, 5.41) is 12.0. The number of carboxylic acids is 1. The Hall–Kier alpha value is -1.11. The number of hydrogen-bond donors (Lipinski definition) is 2. The van der Waals surface area contributed by atoms with Crippen molar-refractivity contribution >= 4 is 23.6 Å². The van der Waals surface area contributed by atoms with Gasteiger partial charge in [0.25, 0.3) is 5.91 Å². The lowest BCUT2D eigenvalue weighted by Crippen LogP contribution is -2.64. The van der Waals surface area contributed by atoms with Crippen molar-refractivity contribution in [2.45, 2.75) is 36.1 Å². The highest BCUT2D eigenvalue weighted by atomic mass is 32.2. The highest BCUT2D eigenvalue weighted by Crippen LogP contribution is 2.51. The molecule has 2 unspecified atom stereocenters. The molecule has 2 saturated heterocycles. The number of carbonyl (C=O) groups is 2. The third-order valence-corrected chi connectivity index (χ3v) is 4.34. The summed E-state index contributed by atoms with van der Waals surface area (Å²) in [4.78, 5) is 23.9. The lowest BCUT2D eigenvalue weighted by atomic mass is 9.96. The van der Waals surface area contributed by atoms with E-state index >= 15 is 0 Å². The van der Waals surface area contributed by atoms with Gasteiger partial charge < -0.3 is 10.0 Å². The molecule has 0 aliphatic carbocycles. The predicted molar refractivity (Wildman–Crippen MR) is 52.7 cm³/mol. The molecule has 0 saturated carbocycles. The number of carboxylic acid groups (broad SMARTS) is 1. The Bertz CT molecular complexity index is 357. The van der Waals surface area contributed by atoms with Crippen LogP contribution >= 0.6 is 11.8 Å². The minimum atomic E-state index is -0.994. The lowest BCUT2D eigenvalue weighted by molar-refractivity contribution is -0.159. The van der Waals surface area contributed by atoms with E-state index in [-0.39, 0.29) is 11.3 Å². The molecule has 7 heteroatoms. The number of β-lactam (4-membered cyclic amide) rings is 1. The fourth-order valence-corrected chi connectivity index (χ4v) is 3.72. The monoisotopic (exact) mass is 229 g/mol. The zero-order valence-electron chi connectivity index (χ0n) is 8.30. The molecule has 0 aromatic rings. The van der Waals surface area contributed by atoms with Crippen LogP contribution in [0.3, 0.4) is 0 Å². The van der Waals surface area contributed by atoms with Crippen molar-refractivity contribution in [3.8, 4) is 0 Å². The standard InChI is InChI=1S/C8H11N3O3S/c1-8(2)4(7(13)14)11-5(12)3(10-9)6(11)15-8/h3-4,6,9H,1-2H3,(H,13,14)/t3?,4-,6?/m0/s1. The Morgan fingerprint density at radius 2 is 2.27 bits per heavy atom. The Morgan fingerprint density at radius 1 is 1.67 bits per heavy atom. The number of fused-ring (bicyclic) bond motifs is 1. The first kappa shape index (κ1) is 10.4. The van der Waals surface area contributed by atoms with Crippen LogP contribution in [-0.4, -0.2) is 44.1 Å². The molecule has 2 aliphatic rings. The van der Waals surface area contributed by atoms with Crippen LogP contribution in [0, 0.1) is 5.53 Å². The summed E-state index contributed by atoms with van der Waals surface area (Å²) in [6.07, 6.45) is 0. The van der Waals surface area contributed by atoms with Gasteiger partial charge in [0.15, 0.2) is 6.04 Å². The second kappa shape index (κ2) is 2.94. The summed E-state index contributed by atoms with van der Waals surface area (Å²) in [6, 6.07) is -1.49. The fraction of sp³-hybridized carbons (Fsp3) is 0.750. The maximum atomic E-state index is 11.5. The summed E-state index contributed by atoms with van der Waals surface area (Å²) in [7, 11) is 0. The van der Waals surface area contributed by atoms with Crippen molar-refractivity contribution in [1.82, 2.24) is 4.90 Å². The number of aliphatic carboxylic acids is 1. The van der Waals surface area contributed by atoms with Crippen molar-refractivity contribution in [2.75, 3.05) is 0 Å². The second-order valence-corrected chi connectivity index (χ2v) is 5.94. The van der Waals surface area contributed by atoms with E-state index in [4.69, 9.17) is 10.6 Å². The molecule has 1 amide bonds. The zero-order chi connectivity index (χ0) is 11.4. The smallest absolute Gasteiger partial charge is 0.327 e. The molecular weight excluding hydrogens is 218 g/mol. The van der Waals surface area contributed by atoms with E-state index in [1.54, 1.807) is 13.8 Å². The van der Waals surface area contributed by atoms with E-state index in [1.807, 2.05) is 0 Å². The predicted octanol–water partition coefficient (Wildman–Crippen LogP) is 0.533. The molecule has 6 nitrogen and oxygen atoms in total. The molecule has 0 spiro atoms. The van der Waals surface area contributed by atoms with Crippen LogP contribution < -0.4 is 0 Å². The third-order valence-electron chi connectivity index (χ3n) is 2.79. The number of amides is 1. The third kappa shape index (κ3) is 1.19. The van der Waals surface area contributed by atoms with E-state index < -0.39 is 22.8 Å². The molecule has 2 rings (SSSR count). The van der Waals surface area contributed by atoms with E-state index in [0.29, 0.717) is 0 Å². The quantitative estimate of drug-likeness (QED) is 0.533. The van der Waals surface area contributed by atoms with Gasteiger partial charge in [0.1, 0.15) is 11.4 Å². The molecular formula is C8H11N3O3S. The van der Waals surface area contributed by atoms with Gasteiger partial charge in [-0.3, -0.25) is 4.79 Å². The molecule has 2 N–H and O–H groups in total. The molecule has 0 radical (unpaired) electrons. The zero-order valence-corrected chi connectivity index (χ0v) is 9.11. The number of hydrogen-bond acceptors (Lipinski definition) is 5. The molecule has 82 valence electrons. The Balaban J connectivity index is 2.32. The van der Waals surface area contributed by atoms with Gasteiger partial charge in [0.05, 0.1) is 0 Å². The van der Waals surface area contributed by atoms with E-state index in [1.165, 1.54) is 16.7 Å². The van der Waals surface area contributed by atoms with Gasteiger partial charge in [0, 0.05) is 4.75 Å². The van der Waals surface area contributed by atoms with Gasteiger partial charge in [-0.15, -0.1) is 11.8 Å². The number of thioether (sulfide) groups is 1. The topological polar surface area (TPSA) is 93.8 Å². The number of nitrogens with zero attached hydrogens (tertiary/aromatic N) is 2. The highest BCUT2D eigenvalue weighted by molar-refractivity contribution is 8.01. The molecule has 0 bridgehead atoms. The second-order valence-electron chi connectivity index (χ2n) is 4.17. The Morgan fingerprint density at radius 3 is 2.73 bits per heavy atom. The van der Waals surface area contributed by atoms with Crippen LogP contribution in [0.2, 0.25) is 0 Å². The maximum Gasteiger partial charge on any atom is 0.327 e. The van der Waals surface area contributed by atoms with E-state index in [9.17, 15) is 9.59 Å². The van der Waals surface area contributed by atoms with Gasteiger partial charge in [-0.05, 0) is 13.8 Å². The van der Waals surface area contributed by atoms with E-state index in [0.717, 1.165) is 0 Å². The molecule has 2 fully saturated rings. The Labute approximate surface area is 90.5 Å². The van der Waals surface area contributed by atoms with Gasteiger partial charge in [-0.1, -0.05) is 0 Å². The van der Waals surface area contributed by atoms with Crippen molar-refractivity contribution in [3.05, 3.63) is 0 Å². The van der Waals surface area contributed by atoms with Gasteiger partial charge >= 0.3 is 5.97 Å². The van der Waals surface area contributed by atoms with Crippen LogP contribution in [0.5, 0.6) is 0 Å². The van der Waals surface area contributed by atoms with E-state index in [2.05, 4.69) is 5.11 Å². The van der Waals surface area contributed by atoms with Crippen molar-refractivity contribution in [2.24, 2.45) is 5.11 Å². The first-order valence-electron chi connectivity index (χ1n) is 4.49. The summed E-state index contributed by atoms with van der Waals surface area (Å²) in [5.74, 6) is -1.34. The molecule has 2 heterocycles. The molecule has 15 heavy (non-hydrogen) atoms. The minimum Gasteiger partial charge on any atom is -0.480 e. The van der Waals surface area contributed by atoms with Crippen LogP contribution in [0.1, 0.15) is 13.8 Å². The van der Waals surface area contributed by atoms with Crippen LogP contribution in [0.15, 0.2) is 5.11 Å². The normalized spacial score (nSPS) is 37.1. The van der Waals surface area contributed by atoms with Crippen LogP contribution in [-0.2, 0) is 9.59 Å². The lowest BCUT2D eigenvalue weighted by Gasteiger charge is -2.40. The average Bonchev–Trinajstić information content (AvgIpc) is 2.35. The number of rotatable bonds is 2. The summed E-state index contributed by atoms with van der Waals surface area (Å²) in [5.41, 5.74) is 6.86. The molecule has 0 aromatic heterocycles. The largest absolute Gasteiger partial charge is 0.480 e. The van der Waals surface area contributed by atoms with Crippen molar-refractivity contribution in [3.63, 3.8) is 0 Å². The van der Waals surface area contributed by atoms with Crippen molar-refractivity contribution in [1.29, 1.82) is 5.53 Å². The summed E-state index contributed by atoms with van der Waals surface area (Å²) >= 11 is 1.40. The highest BCUT2D eigenvalue weighted by Gasteiger charge is 2.64. The van der Waals surface area contributed by atoms with Crippen LogP contribution in [0.4, 0.5) is 0 Å².